The number of benzene rings is 1. The highest BCUT2D eigenvalue weighted by Gasteiger charge is 2.66. The quantitative estimate of drug-likeness (QED) is 0.432. The molecule has 0 bridgehead atoms. The molecule has 2 heterocycles. The summed E-state index contributed by atoms with van der Waals surface area (Å²) in [5.41, 5.74) is 3.24. The second-order valence-corrected chi connectivity index (χ2v) is 14.2. The lowest BCUT2D eigenvalue weighted by atomic mass is 9.45. The average Bonchev–Trinajstić information content (AvgIpc) is 3.47. The highest BCUT2D eigenvalue weighted by atomic mass is 16.5. The summed E-state index contributed by atoms with van der Waals surface area (Å²) < 4.78 is 13.2. The highest BCUT2D eigenvalue weighted by Crippen LogP contribution is 2.68. The number of ether oxygens (including phenoxy) is 2. The molecule has 3 aliphatic carbocycles. The molecule has 0 radical (unpaired) electrons. The first-order valence-corrected chi connectivity index (χ1v) is 15.8. The number of nitrogens with one attached hydrogen (secondary N) is 2. The van der Waals surface area contributed by atoms with E-state index in [1.165, 1.54) is 22.2 Å². The zero-order valence-corrected chi connectivity index (χ0v) is 26.6. The van der Waals surface area contributed by atoms with Gasteiger partial charge in [-0.05, 0) is 74.1 Å². The van der Waals surface area contributed by atoms with Crippen molar-refractivity contribution in [3.8, 4) is 0 Å². The molecule has 4 unspecified atom stereocenters. The van der Waals surface area contributed by atoms with Crippen molar-refractivity contribution < 1.29 is 24.2 Å². The molecule has 1 aromatic heterocycles. The molecule has 1 fully saturated rings. The van der Waals surface area contributed by atoms with Crippen molar-refractivity contribution in [1.29, 1.82) is 0 Å². The SMILES string of the molecule is CCCNC(=O)COC1CC2Cc3c([nH]c4ccccc34)[C@]2(C)[C@@]2(C)CC=C3O[C@H](C(C)(C)O)C(N(C)C(C)=O)C=C3C12. The number of hydrogen-bond acceptors (Lipinski definition) is 5. The Morgan fingerprint density at radius 2 is 2.00 bits per heavy atom. The van der Waals surface area contributed by atoms with E-state index in [2.05, 4.69) is 60.6 Å². The van der Waals surface area contributed by atoms with Crippen LogP contribution < -0.4 is 5.32 Å². The number of H-pyrrole nitrogens is 1. The van der Waals surface area contributed by atoms with E-state index < -0.39 is 17.7 Å². The first-order valence-electron chi connectivity index (χ1n) is 15.8. The molecule has 0 spiro atoms. The molecular weight excluding hydrogens is 542 g/mol. The zero-order chi connectivity index (χ0) is 30.9. The topological polar surface area (TPSA) is 104 Å². The van der Waals surface area contributed by atoms with Crippen molar-refractivity contribution >= 4 is 22.7 Å². The predicted octanol–water partition coefficient (Wildman–Crippen LogP) is 4.77. The molecule has 8 nitrogen and oxygen atoms in total. The molecular formula is C35H47N3O5. The van der Waals surface area contributed by atoms with Crippen LogP contribution in [0.15, 0.2) is 47.7 Å². The van der Waals surface area contributed by atoms with E-state index >= 15 is 0 Å². The van der Waals surface area contributed by atoms with Crippen LogP contribution in [0.5, 0.6) is 0 Å². The van der Waals surface area contributed by atoms with Crippen LogP contribution in [0.4, 0.5) is 0 Å². The normalized spacial score (nSPS) is 32.9. The predicted molar refractivity (Wildman–Crippen MR) is 166 cm³/mol. The molecule has 1 aromatic carbocycles. The summed E-state index contributed by atoms with van der Waals surface area (Å²) in [7, 11) is 1.76. The largest absolute Gasteiger partial charge is 0.485 e. The molecule has 4 aliphatic rings. The minimum Gasteiger partial charge on any atom is -0.485 e. The molecule has 1 saturated carbocycles. The van der Waals surface area contributed by atoms with Crippen LogP contribution in [0.2, 0.25) is 0 Å². The van der Waals surface area contributed by atoms with Crippen LogP contribution in [0, 0.1) is 17.3 Å². The van der Waals surface area contributed by atoms with E-state index in [9.17, 15) is 14.7 Å². The van der Waals surface area contributed by atoms with E-state index in [0.29, 0.717) is 12.5 Å². The maximum Gasteiger partial charge on any atom is 0.246 e. The standard InChI is InChI=1S/C35H47N3O5/c1-8-15-36-29(40)19-42-28-17-21-16-23-22-11-9-10-12-25(22)37-31(23)35(21,6)34(5)14-13-27-24(30(28)34)18-26(38(7)20(2)39)32(43-27)33(3,4)41/h9-13,18,21,26,28,30,32,37,41H,8,14-17,19H2,1-7H3,(H,36,40)/t21?,26?,28?,30?,32-,34-,35+/m0/s1. The molecule has 7 atom stereocenters. The number of carbonyl (C=O) groups excluding carboxylic acids is 2. The number of carbonyl (C=O) groups is 2. The molecule has 3 N–H and O–H groups in total. The summed E-state index contributed by atoms with van der Waals surface area (Å²) in [5, 5.41) is 15.4. The average molecular weight is 590 g/mol. The molecule has 0 saturated heterocycles. The van der Waals surface area contributed by atoms with Gasteiger partial charge in [-0.25, -0.2) is 0 Å². The number of aromatic amines is 1. The molecule has 6 rings (SSSR count). The van der Waals surface area contributed by atoms with Crippen molar-refractivity contribution in [1.82, 2.24) is 15.2 Å². The van der Waals surface area contributed by atoms with E-state index in [1.54, 1.807) is 32.7 Å². The van der Waals surface area contributed by atoms with Gasteiger partial charge >= 0.3 is 0 Å². The third-order valence-electron chi connectivity index (χ3n) is 11.2. The number of rotatable bonds is 7. The zero-order valence-electron chi connectivity index (χ0n) is 26.6. The summed E-state index contributed by atoms with van der Waals surface area (Å²) in [4.78, 5) is 30.9. The van der Waals surface area contributed by atoms with Gasteiger partial charge in [0.05, 0.1) is 17.7 Å². The first kappa shape index (κ1) is 29.9. The minimum atomic E-state index is -1.18. The summed E-state index contributed by atoms with van der Waals surface area (Å²) in [6, 6.07) is 8.10. The number of likely N-dealkylation sites (N-methyl/N-ethyl adjacent to an activating group) is 1. The monoisotopic (exact) mass is 589 g/mol. The fourth-order valence-corrected chi connectivity index (χ4v) is 8.72. The van der Waals surface area contributed by atoms with Crippen LogP contribution in [-0.2, 0) is 30.9 Å². The molecule has 1 aliphatic heterocycles. The number of aromatic nitrogens is 1. The van der Waals surface area contributed by atoms with Crippen LogP contribution in [0.3, 0.4) is 0 Å². The van der Waals surface area contributed by atoms with Gasteiger partial charge < -0.3 is 29.8 Å². The van der Waals surface area contributed by atoms with Crippen molar-refractivity contribution in [2.45, 2.75) is 96.5 Å². The van der Waals surface area contributed by atoms with Crippen molar-refractivity contribution in [3.05, 3.63) is 59.0 Å². The smallest absolute Gasteiger partial charge is 0.246 e. The van der Waals surface area contributed by atoms with Crippen LogP contribution in [0.25, 0.3) is 10.9 Å². The number of allylic oxidation sites excluding steroid dienone is 2. The highest BCUT2D eigenvalue weighted by molar-refractivity contribution is 5.86. The second kappa shape index (κ2) is 10.5. The molecule has 232 valence electrons. The lowest BCUT2D eigenvalue weighted by molar-refractivity contribution is -0.147. The molecule has 43 heavy (non-hydrogen) atoms. The van der Waals surface area contributed by atoms with Crippen LogP contribution in [-0.4, -0.2) is 70.9 Å². The fraction of sp³-hybridized carbons (Fsp3) is 0.600. The summed E-state index contributed by atoms with van der Waals surface area (Å²) >= 11 is 0. The van der Waals surface area contributed by atoms with Crippen molar-refractivity contribution in [3.63, 3.8) is 0 Å². The number of fused-ring (bicyclic) bond motifs is 9. The Morgan fingerprint density at radius 1 is 1.26 bits per heavy atom. The minimum absolute atomic E-state index is 0.00512. The van der Waals surface area contributed by atoms with Gasteiger partial charge in [0.15, 0.2) is 6.10 Å². The lowest BCUT2D eigenvalue weighted by Crippen LogP contribution is -2.62. The van der Waals surface area contributed by atoms with E-state index in [1.807, 2.05) is 6.92 Å². The van der Waals surface area contributed by atoms with Gasteiger partial charge in [0, 0.05) is 48.4 Å². The van der Waals surface area contributed by atoms with E-state index in [-0.39, 0.29) is 41.3 Å². The van der Waals surface area contributed by atoms with Gasteiger partial charge in [0.2, 0.25) is 11.8 Å². The van der Waals surface area contributed by atoms with Gasteiger partial charge in [-0.3, -0.25) is 9.59 Å². The fourth-order valence-electron chi connectivity index (χ4n) is 8.72. The Bertz CT molecular complexity index is 1500. The Balaban J connectivity index is 1.48. The summed E-state index contributed by atoms with van der Waals surface area (Å²) in [6.07, 6.45) is 6.88. The van der Waals surface area contributed by atoms with Crippen molar-refractivity contribution in [2.24, 2.45) is 17.3 Å². The first-order chi connectivity index (χ1) is 20.3. The maximum absolute atomic E-state index is 12.7. The van der Waals surface area contributed by atoms with Crippen LogP contribution in [0.1, 0.15) is 72.1 Å². The maximum atomic E-state index is 12.7. The number of hydrogen-bond donors (Lipinski definition) is 3. The number of aliphatic hydroxyl groups is 1. The molecule has 2 amide bonds. The number of amides is 2. The van der Waals surface area contributed by atoms with Gasteiger partial charge in [0.1, 0.15) is 12.4 Å². The van der Waals surface area contributed by atoms with Gasteiger partial charge in [-0.1, -0.05) is 45.0 Å². The Hall–Kier alpha value is -3.10. The Morgan fingerprint density at radius 3 is 2.70 bits per heavy atom. The number of para-hydroxylation sites is 1. The van der Waals surface area contributed by atoms with Crippen LogP contribution >= 0.6 is 0 Å². The van der Waals surface area contributed by atoms with E-state index in [4.69, 9.17) is 9.47 Å². The second-order valence-electron chi connectivity index (χ2n) is 14.2. The number of nitrogens with zero attached hydrogens (tertiary/aromatic N) is 1. The van der Waals surface area contributed by atoms with Gasteiger partial charge in [-0.15, -0.1) is 0 Å². The molecule has 8 heteroatoms. The summed E-state index contributed by atoms with van der Waals surface area (Å²) in [5.74, 6) is 0.805. The Kier molecular flexibility index (Phi) is 7.32. The van der Waals surface area contributed by atoms with Crippen molar-refractivity contribution in [2.75, 3.05) is 20.2 Å². The van der Waals surface area contributed by atoms with Gasteiger partial charge in [0.25, 0.3) is 0 Å². The third kappa shape index (κ3) is 4.55. The molecule has 2 aromatic rings. The lowest BCUT2D eigenvalue weighted by Gasteiger charge is -2.61. The Labute approximate surface area is 254 Å². The van der Waals surface area contributed by atoms with E-state index in [0.717, 1.165) is 37.0 Å². The third-order valence-corrected chi connectivity index (χ3v) is 11.2. The van der Waals surface area contributed by atoms with Gasteiger partial charge in [-0.2, -0.15) is 0 Å². The summed E-state index contributed by atoms with van der Waals surface area (Å²) in [6.45, 7) is 12.5.